The Kier molecular flexibility index (Phi) is 7.66. The Morgan fingerprint density at radius 1 is 1.00 bits per heavy atom. The van der Waals surface area contributed by atoms with E-state index in [0.717, 1.165) is 0 Å². The maximum absolute atomic E-state index is 14.0. The van der Waals surface area contributed by atoms with Crippen LogP contribution in [-0.2, 0) is 16.1 Å². The highest BCUT2D eigenvalue weighted by molar-refractivity contribution is 6.02. The van der Waals surface area contributed by atoms with E-state index < -0.39 is 29.2 Å². The summed E-state index contributed by atoms with van der Waals surface area (Å²) in [6, 6.07) is 18.1. The fourth-order valence-corrected chi connectivity index (χ4v) is 4.09. The number of fused-ring (bicyclic) bond motifs is 1. The summed E-state index contributed by atoms with van der Waals surface area (Å²) < 4.78 is 15.3. The molecule has 1 atom stereocenters. The van der Waals surface area contributed by atoms with Crippen molar-refractivity contribution in [2.45, 2.75) is 52.2 Å². The Bertz CT molecular complexity index is 1460. The van der Waals surface area contributed by atoms with Crippen molar-refractivity contribution in [3.05, 3.63) is 89.7 Å². The number of Topliss-reactive ketones (excluding diaryl/α,β-unsaturated/α-hetero) is 1. The third kappa shape index (κ3) is 5.77. The number of ketones is 1. The van der Waals surface area contributed by atoms with Crippen LogP contribution in [0.2, 0.25) is 0 Å². The number of carbonyl (C=O) groups is 3. The number of para-hydroxylation sites is 1. The molecule has 0 saturated carbocycles. The summed E-state index contributed by atoms with van der Waals surface area (Å²) >= 11 is 0. The van der Waals surface area contributed by atoms with E-state index in [9.17, 15) is 18.8 Å². The molecule has 4 aromatic rings. The van der Waals surface area contributed by atoms with Crippen molar-refractivity contribution in [2.75, 3.05) is 4.90 Å². The first-order valence-electron chi connectivity index (χ1n) is 12.4. The van der Waals surface area contributed by atoms with Gasteiger partial charge in [0.15, 0.2) is 5.78 Å². The molecule has 0 bridgehead atoms. The summed E-state index contributed by atoms with van der Waals surface area (Å²) in [5.74, 6) is -1.44. The van der Waals surface area contributed by atoms with E-state index in [1.54, 1.807) is 30.3 Å². The van der Waals surface area contributed by atoms with E-state index in [0.29, 0.717) is 34.3 Å². The van der Waals surface area contributed by atoms with Crippen molar-refractivity contribution in [1.82, 2.24) is 20.3 Å². The number of hydrogen-bond donors (Lipinski definition) is 1. The number of carbonyl (C=O) groups excluding carboxylic acids is 3. The smallest absolute Gasteiger partial charge is 0.249 e. The van der Waals surface area contributed by atoms with Gasteiger partial charge in [-0.2, -0.15) is 0 Å². The average molecular weight is 516 g/mol. The second-order valence-electron chi connectivity index (χ2n) is 9.78. The van der Waals surface area contributed by atoms with Crippen LogP contribution in [-0.4, -0.2) is 38.1 Å². The summed E-state index contributed by atoms with van der Waals surface area (Å²) in [7, 11) is 0. The molecule has 8 nitrogen and oxygen atoms in total. The second kappa shape index (κ2) is 10.9. The molecule has 38 heavy (non-hydrogen) atoms. The van der Waals surface area contributed by atoms with Gasteiger partial charge >= 0.3 is 0 Å². The molecule has 3 aromatic carbocycles. The topological polar surface area (TPSA) is 97.2 Å². The summed E-state index contributed by atoms with van der Waals surface area (Å²) in [4.78, 5) is 41.1. The van der Waals surface area contributed by atoms with Gasteiger partial charge < -0.3 is 5.32 Å². The summed E-state index contributed by atoms with van der Waals surface area (Å²) in [5.41, 5.74) is 2.06. The number of nitrogens with zero attached hydrogens (tertiary/aromatic N) is 4. The largest absolute Gasteiger partial charge is 0.349 e. The average Bonchev–Trinajstić information content (AvgIpc) is 3.30. The maximum atomic E-state index is 14.0. The number of aromatic nitrogens is 3. The monoisotopic (exact) mass is 515 g/mol. The molecule has 4 rings (SSSR count). The minimum Gasteiger partial charge on any atom is -0.349 e. The second-order valence-corrected chi connectivity index (χ2v) is 9.78. The highest BCUT2D eigenvalue weighted by atomic mass is 19.1. The molecule has 1 aromatic heterocycles. The van der Waals surface area contributed by atoms with Gasteiger partial charge in [-0.25, -0.2) is 9.07 Å². The van der Waals surface area contributed by atoms with Gasteiger partial charge in [0, 0.05) is 16.8 Å². The third-order valence-electron chi connectivity index (χ3n) is 6.56. The SMILES string of the molecule is CCC(C)(C)NC(=O)[C@H](c1ccc(F)cc1)N(C(=O)Cn1nnc2ccccc21)c1ccc(C(C)=O)cc1. The number of benzene rings is 3. The molecule has 9 heteroatoms. The van der Waals surface area contributed by atoms with Crippen molar-refractivity contribution < 1.29 is 18.8 Å². The van der Waals surface area contributed by atoms with Crippen LogP contribution in [0.5, 0.6) is 0 Å². The van der Waals surface area contributed by atoms with Crippen LogP contribution in [0.4, 0.5) is 10.1 Å². The number of amides is 2. The van der Waals surface area contributed by atoms with E-state index in [2.05, 4.69) is 15.6 Å². The Morgan fingerprint density at radius 2 is 1.66 bits per heavy atom. The van der Waals surface area contributed by atoms with Gasteiger partial charge in [0.1, 0.15) is 23.9 Å². The van der Waals surface area contributed by atoms with Crippen molar-refractivity contribution in [3.8, 4) is 0 Å². The van der Waals surface area contributed by atoms with Crippen LogP contribution in [0.3, 0.4) is 0 Å². The molecule has 1 heterocycles. The minimum absolute atomic E-state index is 0.124. The van der Waals surface area contributed by atoms with Crippen molar-refractivity contribution >= 4 is 34.3 Å². The van der Waals surface area contributed by atoms with Crippen LogP contribution in [0.25, 0.3) is 11.0 Å². The quantitative estimate of drug-likeness (QED) is 0.321. The summed E-state index contributed by atoms with van der Waals surface area (Å²) in [6.45, 7) is 6.99. The van der Waals surface area contributed by atoms with Crippen molar-refractivity contribution in [2.24, 2.45) is 0 Å². The lowest BCUT2D eigenvalue weighted by Crippen LogP contribution is -2.51. The minimum atomic E-state index is -1.12. The molecule has 0 saturated heterocycles. The first-order chi connectivity index (χ1) is 18.1. The molecule has 0 aliphatic carbocycles. The fraction of sp³-hybridized carbons (Fsp3) is 0.276. The van der Waals surface area contributed by atoms with E-state index in [1.807, 2.05) is 39.0 Å². The number of anilines is 1. The standard InChI is InChI=1S/C29H30FN5O3/c1-5-29(3,4)31-28(38)27(21-10-14-22(30)15-11-21)35(23-16-12-20(13-17-23)19(2)36)26(37)18-34-25-9-7-6-8-24(25)32-33-34/h6-17,27H,5,18H2,1-4H3,(H,31,38)/t27-/m0/s1. The van der Waals surface area contributed by atoms with Gasteiger partial charge in [-0.3, -0.25) is 19.3 Å². The van der Waals surface area contributed by atoms with Crippen molar-refractivity contribution in [3.63, 3.8) is 0 Å². The predicted molar refractivity (Wildman–Crippen MR) is 143 cm³/mol. The number of halogens is 1. The predicted octanol–water partition coefficient (Wildman–Crippen LogP) is 4.85. The Labute approximate surface area is 220 Å². The van der Waals surface area contributed by atoms with Crippen LogP contribution in [0.15, 0.2) is 72.8 Å². The van der Waals surface area contributed by atoms with E-state index in [1.165, 1.54) is 40.8 Å². The molecule has 0 unspecified atom stereocenters. The molecule has 0 radical (unpaired) electrons. The van der Waals surface area contributed by atoms with E-state index in [-0.39, 0.29) is 12.3 Å². The van der Waals surface area contributed by atoms with E-state index in [4.69, 9.17) is 0 Å². The molecule has 2 amide bonds. The highest BCUT2D eigenvalue weighted by Crippen LogP contribution is 2.30. The zero-order valence-corrected chi connectivity index (χ0v) is 21.8. The van der Waals surface area contributed by atoms with Gasteiger partial charge in [0.05, 0.1) is 5.52 Å². The molecule has 0 aliphatic rings. The molecule has 196 valence electrons. The normalized spacial score (nSPS) is 12.2. The Hall–Kier alpha value is -4.40. The molecular weight excluding hydrogens is 485 g/mol. The van der Waals surface area contributed by atoms with Crippen LogP contribution in [0.1, 0.15) is 56.1 Å². The molecule has 0 aliphatic heterocycles. The van der Waals surface area contributed by atoms with Gasteiger partial charge in [-0.1, -0.05) is 36.4 Å². The van der Waals surface area contributed by atoms with Crippen LogP contribution in [0, 0.1) is 5.82 Å². The van der Waals surface area contributed by atoms with E-state index >= 15 is 0 Å². The van der Waals surface area contributed by atoms with Crippen LogP contribution < -0.4 is 10.2 Å². The molecule has 0 spiro atoms. The lowest BCUT2D eigenvalue weighted by Gasteiger charge is -2.34. The number of rotatable bonds is 9. The Morgan fingerprint density at radius 3 is 2.29 bits per heavy atom. The third-order valence-corrected chi connectivity index (χ3v) is 6.56. The maximum Gasteiger partial charge on any atom is 0.249 e. The van der Waals surface area contributed by atoms with Crippen molar-refractivity contribution in [1.29, 1.82) is 0 Å². The zero-order valence-electron chi connectivity index (χ0n) is 21.8. The molecule has 1 N–H and O–H groups in total. The van der Waals surface area contributed by atoms with Gasteiger partial charge in [-0.15, -0.1) is 5.10 Å². The molecular formula is C29H30FN5O3. The Balaban J connectivity index is 1.83. The van der Waals surface area contributed by atoms with Gasteiger partial charge in [0.2, 0.25) is 11.8 Å². The molecule has 0 fully saturated rings. The fourth-order valence-electron chi connectivity index (χ4n) is 4.09. The zero-order chi connectivity index (χ0) is 27.4. The first-order valence-corrected chi connectivity index (χ1v) is 12.4. The number of hydrogen-bond acceptors (Lipinski definition) is 5. The number of nitrogens with one attached hydrogen (secondary N) is 1. The summed E-state index contributed by atoms with van der Waals surface area (Å²) in [5, 5.41) is 11.3. The van der Waals surface area contributed by atoms with Gasteiger partial charge in [-0.05, 0) is 81.3 Å². The lowest BCUT2D eigenvalue weighted by atomic mass is 9.98. The summed E-state index contributed by atoms with van der Waals surface area (Å²) in [6.07, 6.45) is 0.654. The highest BCUT2D eigenvalue weighted by Gasteiger charge is 2.35. The lowest BCUT2D eigenvalue weighted by molar-refractivity contribution is -0.128. The van der Waals surface area contributed by atoms with Gasteiger partial charge in [0.25, 0.3) is 0 Å². The first kappa shape index (κ1) is 26.7. The van der Waals surface area contributed by atoms with Crippen LogP contribution >= 0.6 is 0 Å².